The summed E-state index contributed by atoms with van der Waals surface area (Å²) in [6.45, 7) is 1.06. The van der Waals surface area contributed by atoms with Crippen LogP contribution in [-0.4, -0.2) is 116 Å². The number of para-hydroxylation sites is 2. The molecule has 1 saturated carbocycles. The molecule has 0 spiro atoms. The number of carboxylic acid groups (broad SMARTS) is 1. The van der Waals surface area contributed by atoms with Crippen LogP contribution in [0.2, 0.25) is 10.0 Å². The zero-order valence-electron chi connectivity index (χ0n) is 26.4. The number of hydrogen-bond acceptors (Lipinski definition) is 10. The van der Waals surface area contributed by atoms with Gasteiger partial charge in [0, 0.05) is 53.8 Å². The molecule has 0 bridgehead atoms. The Labute approximate surface area is 293 Å². The normalized spacial score (nSPS) is 20.6. The molecule has 5 atom stereocenters. The van der Waals surface area contributed by atoms with E-state index in [9.17, 15) is 34.8 Å². The standard InChI is InChI=1S/C33H42Cl2N4O8S/c34-22-14-20(23(35)13-19(22)5-1-4-8-28(42)36-29(33(46)47)31(44)30(43)27(41)16-40)15-37-18-48-17-26(37)32(45)39-12-11-38(21-9-10-21)24-6-2-3-7-25(24)39/h2-3,6-7,13-14,21,26-27,29-31,40-41,43-44H,1,4-5,8-12,15-18H2,(H,36,42)(H,46,47)/t26-,27+,29+,30+,31+/m0/s1. The fourth-order valence-electron chi connectivity index (χ4n) is 6.25. The van der Waals surface area contributed by atoms with Gasteiger partial charge < -0.3 is 40.6 Å². The van der Waals surface area contributed by atoms with Gasteiger partial charge in [-0.2, -0.15) is 0 Å². The number of benzene rings is 2. The quantitative estimate of drug-likeness (QED) is 0.149. The van der Waals surface area contributed by atoms with E-state index in [0.29, 0.717) is 60.1 Å². The van der Waals surface area contributed by atoms with Gasteiger partial charge in [-0.3, -0.25) is 14.5 Å². The number of nitrogens with one attached hydrogen (secondary N) is 1. The molecular formula is C33H42Cl2N4O8S. The molecule has 48 heavy (non-hydrogen) atoms. The molecule has 1 aliphatic carbocycles. The molecule has 15 heteroatoms. The van der Waals surface area contributed by atoms with Crippen LogP contribution in [0.4, 0.5) is 11.4 Å². The lowest BCUT2D eigenvalue weighted by atomic mass is 10.0. The average molecular weight is 726 g/mol. The summed E-state index contributed by atoms with van der Waals surface area (Å²) in [5.41, 5.74) is 3.70. The smallest absolute Gasteiger partial charge is 0.329 e. The first-order valence-corrected chi connectivity index (χ1v) is 18.0. The van der Waals surface area contributed by atoms with Gasteiger partial charge in [0.15, 0.2) is 6.04 Å². The second-order valence-electron chi connectivity index (χ2n) is 12.5. The number of hydrogen-bond donors (Lipinski definition) is 6. The molecule has 2 fully saturated rings. The van der Waals surface area contributed by atoms with Gasteiger partial charge in [0.05, 0.1) is 24.0 Å². The summed E-state index contributed by atoms with van der Waals surface area (Å²) < 4.78 is 0. The van der Waals surface area contributed by atoms with Crippen molar-refractivity contribution in [2.75, 3.05) is 41.1 Å². The molecule has 2 heterocycles. The third-order valence-electron chi connectivity index (χ3n) is 9.10. The summed E-state index contributed by atoms with van der Waals surface area (Å²) in [7, 11) is 0. The van der Waals surface area contributed by atoms with E-state index in [0.717, 1.165) is 29.0 Å². The molecule has 262 valence electrons. The van der Waals surface area contributed by atoms with E-state index in [-0.39, 0.29) is 18.4 Å². The Morgan fingerprint density at radius 3 is 2.33 bits per heavy atom. The number of carboxylic acids is 1. The number of unbranched alkanes of at least 4 members (excludes halogenated alkanes) is 1. The zero-order chi connectivity index (χ0) is 34.5. The van der Waals surface area contributed by atoms with Gasteiger partial charge in [-0.15, -0.1) is 11.8 Å². The highest BCUT2D eigenvalue weighted by molar-refractivity contribution is 7.99. The molecule has 6 N–H and O–H groups in total. The molecule has 1 saturated heterocycles. The molecular weight excluding hydrogens is 683 g/mol. The van der Waals surface area contributed by atoms with Crippen molar-refractivity contribution in [3.8, 4) is 0 Å². The van der Waals surface area contributed by atoms with Gasteiger partial charge in [0.1, 0.15) is 18.3 Å². The Kier molecular flexibility index (Phi) is 12.5. The van der Waals surface area contributed by atoms with E-state index < -0.39 is 42.8 Å². The van der Waals surface area contributed by atoms with Crippen molar-refractivity contribution in [1.29, 1.82) is 0 Å². The first-order valence-electron chi connectivity index (χ1n) is 16.1. The first kappa shape index (κ1) is 36.7. The number of nitrogens with zero attached hydrogens (tertiary/aromatic N) is 3. The number of carbonyl (C=O) groups excluding carboxylic acids is 2. The van der Waals surface area contributed by atoms with Crippen molar-refractivity contribution < 1.29 is 39.9 Å². The van der Waals surface area contributed by atoms with Gasteiger partial charge in [0.2, 0.25) is 11.8 Å². The van der Waals surface area contributed by atoms with Gasteiger partial charge in [-0.05, 0) is 67.5 Å². The van der Waals surface area contributed by atoms with E-state index in [1.165, 1.54) is 12.8 Å². The monoisotopic (exact) mass is 724 g/mol. The third-order valence-corrected chi connectivity index (χ3v) is 10.9. The molecule has 3 aliphatic rings. The molecule has 2 aliphatic heterocycles. The van der Waals surface area contributed by atoms with Crippen LogP contribution in [0.25, 0.3) is 0 Å². The minimum absolute atomic E-state index is 0.0548. The van der Waals surface area contributed by atoms with Crippen molar-refractivity contribution in [3.63, 3.8) is 0 Å². The van der Waals surface area contributed by atoms with E-state index in [1.54, 1.807) is 17.8 Å². The van der Waals surface area contributed by atoms with Gasteiger partial charge in [0.25, 0.3) is 0 Å². The van der Waals surface area contributed by atoms with Crippen LogP contribution in [0.5, 0.6) is 0 Å². The number of aryl methyl sites for hydroxylation is 1. The number of thioether (sulfide) groups is 1. The predicted molar refractivity (Wildman–Crippen MR) is 185 cm³/mol. The van der Waals surface area contributed by atoms with E-state index >= 15 is 0 Å². The summed E-state index contributed by atoms with van der Waals surface area (Å²) in [5.74, 6) is -0.778. The van der Waals surface area contributed by atoms with Crippen LogP contribution in [0.15, 0.2) is 36.4 Å². The van der Waals surface area contributed by atoms with Gasteiger partial charge in [-0.1, -0.05) is 35.3 Å². The molecule has 2 amide bonds. The fraction of sp³-hybridized carbons (Fsp3) is 0.545. The minimum atomic E-state index is -2.03. The summed E-state index contributed by atoms with van der Waals surface area (Å²) in [5, 5.41) is 50.9. The summed E-state index contributed by atoms with van der Waals surface area (Å²) in [6.07, 6.45) is -2.01. The fourth-order valence-corrected chi connectivity index (χ4v) is 7.97. The number of aliphatic carboxylic acids is 1. The van der Waals surface area contributed by atoms with E-state index in [2.05, 4.69) is 21.2 Å². The zero-order valence-corrected chi connectivity index (χ0v) is 28.7. The Morgan fingerprint density at radius 1 is 0.958 bits per heavy atom. The second-order valence-corrected chi connectivity index (χ2v) is 14.3. The number of amides is 2. The molecule has 2 aromatic rings. The lowest BCUT2D eigenvalue weighted by Gasteiger charge is -2.39. The summed E-state index contributed by atoms with van der Waals surface area (Å²) >= 11 is 15.1. The van der Waals surface area contributed by atoms with E-state index in [4.69, 9.17) is 28.3 Å². The van der Waals surface area contributed by atoms with Crippen molar-refractivity contribution >= 4 is 64.1 Å². The maximum Gasteiger partial charge on any atom is 0.329 e. The van der Waals surface area contributed by atoms with Gasteiger partial charge >= 0.3 is 5.97 Å². The summed E-state index contributed by atoms with van der Waals surface area (Å²) in [6, 6.07) is 10.2. The topological polar surface area (TPSA) is 174 Å². The van der Waals surface area contributed by atoms with Crippen LogP contribution < -0.4 is 15.1 Å². The Morgan fingerprint density at radius 2 is 1.65 bits per heavy atom. The maximum absolute atomic E-state index is 13.9. The van der Waals surface area contributed by atoms with Crippen LogP contribution in [0.3, 0.4) is 0 Å². The Hall–Kier alpha value is -2.62. The van der Waals surface area contributed by atoms with Gasteiger partial charge in [-0.25, -0.2) is 4.79 Å². The average Bonchev–Trinajstić information content (AvgIpc) is 3.82. The molecule has 0 aromatic heterocycles. The maximum atomic E-state index is 13.9. The number of anilines is 2. The SMILES string of the molecule is O=C(CCCCc1cc(Cl)c(CN2CSC[C@H]2C(=O)N2CCN(C3CC3)c3ccccc32)cc1Cl)N[C@@H](C(=O)O)[C@@H](O)[C@H](O)[C@H](O)CO. The van der Waals surface area contributed by atoms with Crippen LogP contribution >= 0.6 is 35.0 Å². The van der Waals surface area contributed by atoms with Crippen molar-refractivity contribution in [3.05, 3.63) is 57.6 Å². The molecule has 2 aromatic carbocycles. The van der Waals surface area contributed by atoms with Crippen LogP contribution in [0, 0.1) is 0 Å². The highest BCUT2D eigenvalue weighted by Gasteiger charge is 2.40. The van der Waals surface area contributed by atoms with Crippen LogP contribution in [0.1, 0.15) is 43.2 Å². The minimum Gasteiger partial charge on any atom is -0.480 e. The van der Waals surface area contributed by atoms with Crippen LogP contribution in [-0.2, 0) is 27.3 Å². The highest BCUT2D eigenvalue weighted by Crippen LogP contribution is 2.41. The molecule has 0 radical (unpaired) electrons. The molecule has 12 nitrogen and oxygen atoms in total. The number of aliphatic hydroxyl groups excluding tert-OH is 4. The van der Waals surface area contributed by atoms with E-state index in [1.807, 2.05) is 29.2 Å². The largest absolute Gasteiger partial charge is 0.480 e. The lowest BCUT2D eigenvalue weighted by molar-refractivity contribution is -0.151. The lowest BCUT2D eigenvalue weighted by Crippen LogP contribution is -2.56. The second kappa shape index (κ2) is 16.4. The Bertz CT molecular complexity index is 1480. The summed E-state index contributed by atoms with van der Waals surface area (Å²) in [4.78, 5) is 44.4. The Balaban J connectivity index is 1.14. The number of aliphatic hydroxyl groups is 4. The first-order chi connectivity index (χ1) is 23.0. The molecule has 0 unspecified atom stereocenters. The van der Waals surface area contributed by atoms with Crippen molar-refractivity contribution in [2.24, 2.45) is 0 Å². The number of fused-ring (bicyclic) bond motifs is 1. The molecule has 5 rings (SSSR count). The number of carbonyl (C=O) groups is 3. The third kappa shape index (κ3) is 8.56. The number of rotatable bonds is 15. The highest BCUT2D eigenvalue weighted by atomic mass is 35.5. The van der Waals surface area contributed by atoms with Crippen molar-refractivity contribution in [2.45, 2.75) is 81.5 Å². The van der Waals surface area contributed by atoms with Crippen molar-refractivity contribution in [1.82, 2.24) is 10.2 Å². The number of halogens is 2. The predicted octanol–water partition coefficient (Wildman–Crippen LogP) is 2.24.